The number of carbonyl (C=O) groups excluding carboxylic acids is 1. The number of hydrogen-bond acceptors (Lipinski definition) is 2. The van der Waals surface area contributed by atoms with Crippen LogP contribution in [-0.4, -0.2) is 5.78 Å². The van der Waals surface area contributed by atoms with Crippen LogP contribution in [0.3, 0.4) is 0 Å². The molecular weight excluding hydrogens is 273 g/mol. The highest BCUT2D eigenvalue weighted by Crippen LogP contribution is 2.25. The Morgan fingerprint density at radius 1 is 1.50 bits per heavy atom. The summed E-state index contributed by atoms with van der Waals surface area (Å²) in [5.74, 6) is -2.01. The van der Waals surface area contributed by atoms with Crippen LogP contribution in [0.4, 0.5) is 4.39 Å². The standard InChI is InChI=1S/C12H11BrFNO/c1-7(2)8(6-15)12(16)11-9(13)4-3-5-10(11)14/h3-5,7-8H,1-2H3. The fraction of sp³-hybridized carbons (Fsp3) is 0.333. The molecule has 0 saturated heterocycles. The zero-order valence-electron chi connectivity index (χ0n) is 9.00. The Morgan fingerprint density at radius 2 is 2.12 bits per heavy atom. The molecule has 0 aliphatic heterocycles. The third-order valence-electron chi connectivity index (χ3n) is 2.30. The van der Waals surface area contributed by atoms with E-state index in [1.807, 2.05) is 6.07 Å². The predicted molar refractivity (Wildman–Crippen MR) is 62.4 cm³/mol. The van der Waals surface area contributed by atoms with Gasteiger partial charge in [0.2, 0.25) is 0 Å². The first-order valence-corrected chi connectivity index (χ1v) is 5.66. The largest absolute Gasteiger partial charge is 0.293 e. The van der Waals surface area contributed by atoms with Gasteiger partial charge in [-0.05, 0) is 34.0 Å². The minimum absolute atomic E-state index is 0.0391. The summed E-state index contributed by atoms with van der Waals surface area (Å²) in [5, 5.41) is 8.90. The highest BCUT2D eigenvalue weighted by atomic mass is 79.9. The van der Waals surface area contributed by atoms with Gasteiger partial charge in [0.05, 0.1) is 11.6 Å². The lowest BCUT2D eigenvalue weighted by molar-refractivity contribution is 0.0919. The maximum absolute atomic E-state index is 13.5. The molecule has 16 heavy (non-hydrogen) atoms. The summed E-state index contributed by atoms with van der Waals surface area (Å²) >= 11 is 3.12. The molecule has 84 valence electrons. The zero-order chi connectivity index (χ0) is 12.3. The molecule has 0 N–H and O–H groups in total. The van der Waals surface area contributed by atoms with Crippen LogP contribution >= 0.6 is 15.9 Å². The third-order valence-corrected chi connectivity index (χ3v) is 2.96. The van der Waals surface area contributed by atoms with Gasteiger partial charge >= 0.3 is 0 Å². The summed E-state index contributed by atoms with van der Waals surface area (Å²) in [7, 11) is 0. The molecule has 0 bridgehead atoms. The average Bonchev–Trinajstić information content (AvgIpc) is 2.17. The van der Waals surface area contributed by atoms with Crippen molar-refractivity contribution in [2.24, 2.45) is 11.8 Å². The molecule has 0 heterocycles. The summed E-state index contributed by atoms with van der Waals surface area (Å²) < 4.78 is 13.9. The fourth-order valence-corrected chi connectivity index (χ4v) is 1.94. The molecule has 1 aromatic carbocycles. The van der Waals surface area contributed by atoms with E-state index in [0.717, 1.165) is 0 Å². The molecule has 0 aromatic heterocycles. The second-order valence-corrected chi connectivity index (χ2v) is 4.67. The third kappa shape index (κ3) is 2.48. The van der Waals surface area contributed by atoms with Gasteiger partial charge in [0.25, 0.3) is 0 Å². The lowest BCUT2D eigenvalue weighted by Crippen LogP contribution is -2.20. The van der Waals surface area contributed by atoms with Crippen molar-refractivity contribution in [1.82, 2.24) is 0 Å². The number of ketones is 1. The molecule has 0 radical (unpaired) electrons. The molecule has 1 aromatic rings. The molecule has 0 aliphatic carbocycles. The molecule has 0 amide bonds. The number of nitriles is 1. The second-order valence-electron chi connectivity index (χ2n) is 3.81. The Hall–Kier alpha value is -1.21. The van der Waals surface area contributed by atoms with Crippen molar-refractivity contribution >= 4 is 21.7 Å². The van der Waals surface area contributed by atoms with E-state index in [-0.39, 0.29) is 11.5 Å². The molecule has 1 atom stereocenters. The monoisotopic (exact) mass is 283 g/mol. The lowest BCUT2D eigenvalue weighted by Gasteiger charge is -2.13. The first-order chi connectivity index (χ1) is 7.49. The fourth-order valence-electron chi connectivity index (χ4n) is 1.40. The van der Waals surface area contributed by atoms with E-state index in [2.05, 4.69) is 15.9 Å². The minimum Gasteiger partial charge on any atom is -0.293 e. The molecule has 0 saturated carbocycles. The maximum atomic E-state index is 13.5. The SMILES string of the molecule is CC(C)C(C#N)C(=O)c1c(F)cccc1Br. The average molecular weight is 284 g/mol. The number of halogens is 2. The van der Waals surface area contributed by atoms with Gasteiger partial charge in [-0.15, -0.1) is 0 Å². The Kier molecular flexibility index (Phi) is 4.19. The topological polar surface area (TPSA) is 40.9 Å². The minimum atomic E-state index is -0.812. The quantitative estimate of drug-likeness (QED) is 0.796. The summed E-state index contributed by atoms with van der Waals surface area (Å²) in [6.45, 7) is 3.53. The molecule has 0 aliphatic rings. The van der Waals surface area contributed by atoms with E-state index in [1.165, 1.54) is 12.1 Å². The van der Waals surface area contributed by atoms with E-state index < -0.39 is 17.5 Å². The Bertz CT molecular complexity index is 431. The van der Waals surface area contributed by atoms with Gasteiger partial charge < -0.3 is 0 Å². The molecule has 4 heteroatoms. The first kappa shape index (κ1) is 12.9. The van der Waals surface area contributed by atoms with Crippen molar-refractivity contribution in [2.75, 3.05) is 0 Å². The molecule has 1 rings (SSSR count). The number of Topliss-reactive ketones (excluding diaryl/α,β-unsaturated/α-hetero) is 1. The Balaban J connectivity index is 3.20. The maximum Gasteiger partial charge on any atom is 0.184 e. The van der Waals surface area contributed by atoms with E-state index in [1.54, 1.807) is 19.9 Å². The number of hydrogen-bond donors (Lipinski definition) is 0. The number of nitrogens with zero attached hydrogens (tertiary/aromatic N) is 1. The smallest absolute Gasteiger partial charge is 0.184 e. The molecule has 1 unspecified atom stereocenters. The van der Waals surface area contributed by atoms with Crippen molar-refractivity contribution < 1.29 is 9.18 Å². The predicted octanol–water partition coefficient (Wildman–Crippen LogP) is 3.57. The highest BCUT2D eigenvalue weighted by molar-refractivity contribution is 9.10. The molecular formula is C12H11BrFNO. The van der Waals surface area contributed by atoms with Crippen LogP contribution in [0.15, 0.2) is 22.7 Å². The Morgan fingerprint density at radius 3 is 2.56 bits per heavy atom. The van der Waals surface area contributed by atoms with Crippen molar-refractivity contribution in [3.63, 3.8) is 0 Å². The van der Waals surface area contributed by atoms with Gasteiger partial charge in [-0.3, -0.25) is 4.79 Å². The molecule has 2 nitrogen and oxygen atoms in total. The van der Waals surface area contributed by atoms with Crippen molar-refractivity contribution in [3.05, 3.63) is 34.1 Å². The van der Waals surface area contributed by atoms with Crippen LogP contribution in [-0.2, 0) is 0 Å². The van der Waals surface area contributed by atoms with Crippen molar-refractivity contribution in [3.8, 4) is 6.07 Å². The summed E-state index contributed by atoms with van der Waals surface area (Å²) in [6, 6.07) is 6.23. The highest BCUT2D eigenvalue weighted by Gasteiger charge is 2.26. The van der Waals surface area contributed by atoms with Crippen LogP contribution in [0.2, 0.25) is 0 Å². The van der Waals surface area contributed by atoms with E-state index in [0.29, 0.717) is 4.47 Å². The molecule has 0 fully saturated rings. The normalized spacial score (nSPS) is 12.2. The number of benzene rings is 1. The van der Waals surface area contributed by atoms with Crippen LogP contribution in [0.1, 0.15) is 24.2 Å². The Labute approximate surface area is 102 Å². The van der Waals surface area contributed by atoms with Gasteiger partial charge in [-0.1, -0.05) is 19.9 Å². The van der Waals surface area contributed by atoms with Gasteiger partial charge in [0.15, 0.2) is 5.78 Å². The van der Waals surface area contributed by atoms with Gasteiger partial charge in [-0.25, -0.2) is 4.39 Å². The van der Waals surface area contributed by atoms with Gasteiger partial charge in [-0.2, -0.15) is 5.26 Å². The first-order valence-electron chi connectivity index (χ1n) is 4.87. The lowest BCUT2D eigenvalue weighted by atomic mass is 9.89. The van der Waals surface area contributed by atoms with E-state index in [4.69, 9.17) is 5.26 Å². The van der Waals surface area contributed by atoms with Crippen molar-refractivity contribution in [1.29, 1.82) is 5.26 Å². The number of carbonyl (C=O) groups is 1. The zero-order valence-corrected chi connectivity index (χ0v) is 10.6. The molecule has 0 spiro atoms. The summed E-state index contributed by atoms with van der Waals surface area (Å²) in [4.78, 5) is 12.0. The van der Waals surface area contributed by atoms with E-state index in [9.17, 15) is 9.18 Å². The summed E-state index contributed by atoms with van der Waals surface area (Å²) in [5.41, 5.74) is -0.0391. The van der Waals surface area contributed by atoms with Crippen LogP contribution in [0.5, 0.6) is 0 Å². The van der Waals surface area contributed by atoms with Gasteiger partial charge in [0.1, 0.15) is 11.7 Å². The van der Waals surface area contributed by atoms with Crippen LogP contribution < -0.4 is 0 Å². The summed E-state index contributed by atoms with van der Waals surface area (Å²) in [6.07, 6.45) is 0. The van der Waals surface area contributed by atoms with Crippen molar-refractivity contribution in [2.45, 2.75) is 13.8 Å². The van der Waals surface area contributed by atoms with Crippen LogP contribution in [0, 0.1) is 29.0 Å². The van der Waals surface area contributed by atoms with E-state index >= 15 is 0 Å². The second kappa shape index (κ2) is 5.22. The number of rotatable bonds is 3. The van der Waals surface area contributed by atoms with Crippen LogP contribution in [0.25, 0.3) is 0 Å². The van der Waals surface area contributed by atoms with Gasteiger partial charge in [0, 0.05) is 4.47 Å².